The van der Waals surface area contributed by atoms with Crippen molar-refractivity contribution in [2.75, 3.05) is 31.1 Å². The number of hydrogen-bond acceptors (Lipinski definition) is 4. The van der Waals surface area contributed by atoms with Gasteiger partial charge in [0.25, 0.3) is 0 Å². The van der Waals surface area contributed by atoms with Gasteiger partial charge in [-0.2, -0.15) is 0 Å². The van der Waals surface area contributed by atoms with Crippen molar-refractivity contribution < 1.29 is 8.91 Å². The van der Waals surface area contributed by atoms with Crippen LogP contribution in [0, 0.1) is 5.82 Å². The summed E-state index contributed by atoms with van der Waals surface area (Å²) in [6, 6.07) is 4.53. The van der Waals surface area contributed by atoms with Crippen LogP contribution in [0.25, 0.3) is 11.0 Å². The van der Waals surface area contributed by atoms with E-state index < -0.39 is 0 Å². The Kier molecular flexibility index (Phi) is 2.25. The molecule has 0 amide bonds. The molecule has 0 bridgehead atoms. The molecule has 1 aromatic carbocycles. The number of anilines is 1. The fraction of sp³-hybridized carbons (Fsp3) is 0.364. The third-order valence-corrected chi connectivity index (χ3v) is 2.83. The van der Waals surface area contributed by atoms with Crippen LogP contribution in [0.2, 0.25) is 0 Å². The van der Waals surface area contributed by atoms with Crippen molar-refractivity contribution in [2.24, 2.45) is 0 Å². The molecule has 5 heteroatoms. The van der Waals surface area contributed by atoms with E-state index in [1.807, 2.05) is 0 Å². The average molecular weight is 221 g/mol. The number of piperazine rings is 1. The number of benzene rings is 1. The normalized spacial score (nSPS) is 16.9. The molecule has 84 valence electrons. The van der Waals surface area contributed by atoms with E-state index in [0.717, 1.165) is 37.4 Å². The Labute approximate surface area is 92.0 Å². The molecule has 0 saturated carbocycles. The summed E-state index contributed by atoms with van der Waals surface area (Å²) in [5.74, 6) is 0.520. The van der Waals surface area contributed by atoms with Crippen molar-refractivity contribution >= 4 is 16.8 Å². The van der Waals surface area contributed by atoms with Gasteiger partial charge in [-0.05, 0) is 12.1 Å². The first kappa shape index (κ1) is 9.59. The van der Waals surface area contributed by atoms with Gasteiger partial charge >= 0.3 is 0 Å². The van der Waals surface area contributed by atoms with E-state index in [-0.39, 0.29) is 5.82 Å². The third kappa shape index (κ3) is 1.53. The van der Waals surface area contributed by atoms with E-state index in [4.69, 9.17) is 4.52 Å². The fourth-order valence-corrected chi connectivity index (χ4v) is 2.00. The number of halogens is 1. The van der Waals surface area contributed by atoms with Crippen molar-refractivity contribution in [3.8, 4) is 0 Å². The molecule has 2 aromatic rings. The van der Waals surface area contributed by atoms with Gasteiger partial charge in [0, 0.05) is 32.2 Å². The molecular weight excluding hydrogens is 209 g/mol. The Bertz CT molecular complexity index is 505. The molecule has 1 fully saturated rings. The lowest BCUT2D eigenvalue weighted by atomic mass is 10.2. The largest absolute Gasteiger partial charge is 0.354 e. The second-order valence-electron chi connectivity index (χ2n) is 3.88. The minimum absolute atomic E-state index is 0.296. The Morgan fingerprint density at radius 2 is 2.12 bits per heavy atom. The number of hydrogen-bond donors (Lipinski definition) is 1. The number of aromatic nitrogens is 1. The molecule has 0 spiro atoms. The molecule has 1 aliphatic rings. The lowest BCUT2D eigenvalue weighted by Gasteiger charge is -2.26. The average Bonchev–Trinajstić information content (AvgIpc) is 2.73. The summed E-state index contributed by atoms with van der Waals surface area (Å²) in [4.78, 5) is 2.15. The molecule has 3 rings (SSSR count). The zero-order chi connectivity index (χ0) is 11.0. The van der Waals surface area contributed by atoms with E-state index in [2.05, 4.69) is 15.4 Å². The maximum absolute atomic E-state index is 13.0. The maximum Gasteiger partial charge on any atom is 0.180 e. The highest BCUT2D eigenvalue weighted by Crippen LogP contribution is 2.26. The Balaban J connectivity index is 2.03. The van der Waals surface area contributed by atoms with Gasteiger partial charge in [-0.1, -0.05) is 5.16 Å². The standard InChI is InChI=1S/C11H12FN3O/c12-8-1-2-9-10(7-8)16-14-11(9)15-5-3-13-4-6-15/h1-2,7,13H,3-6H2. The maximum atomic E-state index is 13.0. The van der Waals surface area contributed by atoms with E-state index in [1.54, 1.807) is 6.07 Å². The van der Waals surface area contributed by atoms with E-state index in [9.17, 15) is 4.39 Å². The lowest BCUT2D eigenvalue weighted by molar-refractivity contribution is 0.449. The smallest absolute Gasteiger partial charge is 0.180 e. The first-order chi connectivity index (χ1) is 7.84. The van der Waals surface area contributed by atoms with Gasteiger partial charge in [0.1, 0.15) is 5.82 Å². The van der Waals surface area contributed by atoms with Crippen LogP contribution in [0.15, 0.2) is 22.7 Å². The van der Waals surface area contributed by atoms with Gasteiger partial charge in [-0.15, -0.1) is 0 Å². The molecule has 0 unspecified atom stereocenters. The zero-order valence-electron chi connectivity index (χ0n) is 8.74. The quantitative estimate of drug-likeness (QED) is 0.789. The molecule has 1 aromatic heterocycles. The summed E-state index contributed by atoms with van der Waals surface area (Å²) >= 11 is 0. The van der Waals surface area contributed by atoms with Gasteiger partial charge < -0.3 is 14.7 Å². The lowest BCUT2D eigenvalue weighted by Crippen LogP contribution is -2.43. The number of fused-ring (bicyclic) bond motifs is 1. The monoisotopic (exact) mass is 221 g/mol. The molecule has 1 N–H and O–H groups in total. The van der Waals surface area contributed by atoms with Crippen molar-refractivity contribution in [1.29, 1.82) is 0 Å². The highest BCUT2D eigenvalue weighted by Gasteiger charge is 2.17. The molecule has 4 nitrogen and oxygen atoms in total. The van der Waals surface area contributed by atoms with Crippen LogP contribution in [0.5, 0.6) is 0 Å². The summed E-state index contributed by atoms with van der Waals surface area (Å²) < 4.78 is 18.1. The molecular formula is C11H12FN3O. The van der Waals surface area contributed by atoms with Gasteiger partial charge in [0.05, 0.1) is 5.39 Å². The van der Waals surface area contributed by atoms with Gasteiger partial charge in [0.15, 0.2) is 11.4 Å². The highest BCUT2D eigenvalue weighted by molar-refractivity contribution is 5.88. The third-order valence-electron chi connectivity index (χ3n) is 2.83. The molecule has 0 atom stereocenters. The van der Waals surface area contributed by atoms with Crippen LogP contribution in [-0.2, 0) is 0 Å². The minimum atomic E-state index is -0.296. The van der Waals surface area contributed by atoms with E-state index in [0.29, 0.717) is 5.58 Å². The first-order valence-electron chi connectivity index (χ1n) is 5.35. The van der Waals surface area contributed by atoms with Crippen molar-refractivity contribution in [1.82, 2.24) is 10.5 Å². The predicted octanol–water partition coefficient (Wildman–Crippen LogP) is 1.38. The topological polar surface area (TPSA) is 41.3 Å². The summed E-state index contributed by atoms with van der Waals surface area (Å²) in [5.41, 5.74) is 0.508. The number of nitrogens with zero attached hydrogens (tertiary/aromatic N) is 2. The second kappa shape index (κ2) is 3.75. The van der Waals surface area contributed by atoms with Gasteiger partial charge in [-0.25, -0.2) is 4.39 Å². The SMILES string of the molecule is Fc1ccc2c(N3CCNCC3)noc2c1. The van der Waals surface area contributed by atoms with Crippen molar-refractivity contribution in [3.63, 3.8) is 0 Å². The van der Waals surface area contributed by atoms with Gasteiger partial charge in [0.2, 0.25) is 0 Å². The van der Waals surface area contributed by atoms with Crippen molar-refractivity contribution in [3.05, 3.63) is 24.0 Å². The Morgan fingerprint density at radius 3 is 2.94 bits per heavy atom. The molecule has 0 radical (unpaired) electrons. The van der Waals surface area contributed by atoms with Crippen LogP contribution in [0.3, 0.4) is 0 Å². The molecule has 2 heterocycles. The van der Waals surface area contributed by atoms with E-state index in [1.165, 1.54) is 12.1 Å². The van der Waals surface area contributed by atoms with Gasteiger partial charge in [-0.3, -0.25) is 0 Å². The molecule has 0 aliphatic carbocycles. The second-order valence-corrected chi connectivity index (χ2v) is 3.88. The van der Waals surface area contributed by atoms with Crippen LogP contribution in [0.4, 0.5) is 10.2 Å². The summed E-state index contributed by atoms with van der Waals surface area (Å²) in [6.07, 6.45) is 0. The van der Waals surface area contributed by atoms with E-state index >= 15 is 0 Å². The first-order valence-corrected chi connectivity index (χ1v) is 5.35. The number of rotatable bonds is 1. The van der Waals surface area contributed by atoms with Crippen LogP contribution >= 0.6 is 0 Å². The van der Waals surface area contributed by atoms with Crippen LogP contribution in [-0.4, -0.2) is 31.3 Å². The van der Waals surface area contributed by atoms with Crippen molar-refractivity contribution in [2.45, 2.75) is 0 Å². The Morgan fingerprint density at radius 1 is 1.31 bits per heavy atom. The predicted molar refractivity (Wildman–Crippen MR) is 59.0 cm³/mol. The summed E-state index contributed by atoms with van der Waals surface area (Å²) in [6.45, 7) is 3.68. The summed E-state index contributed by atoms with van der Waals surface area (Å²) in [5, 5.41) is 8.17. The molecule has 1 saturated heterocycles. The minimum Gasteiger partial charge on any atom is -0.354 e. The number of nitrogens with one attached hydrogen (secondary N) is 1. The van der Waals surface area contributed by atoms with Crippen LogP contribution in [0.1, 0.15) is 0 Å². The zero-order valence-corrected chi connectivity index (χ0v) is 8.74. The fourth-order valence-electron chi connectivity index (χ4n) is 2.00. The highest BCUT2D eigenvalue weighted by atomic mass is 19.1. The summed E-state index contributed by atoms with van der Waals surface area (Å²) in [7, 11) is 0. The van der Waals surface area contributed by atoms with Crippen LogP contribution < -0.4 is 10.2 Å². The molecule has 1 aliphatic heterocycles. The molecule has 16 heavy (non-hydrogen) atoms. The Hall–Kier alpha value is -1.62.